The molecule has 2 nitrogen and oxygen atoms in total. The lowest BCUT2D eigenvalue weighted by Crippen LogP contribution is -2.25. The van der Waals surface area contributed by atoms with E-state index >= 15 is 0 Å². The van der Waals surface area contributed by atoms with Crippen molar-refractivity contribution in [3.8, 4) is 0 Å². The fourth-order valence-corrected chi connectivity index (χ4v) is 1.82. The minimum absolute atomic E-state index is 0.296. The van der Waals surface area contributed by atoms with Gasteiger partial charge in [0.25, 0.3) is 0 Å². The second kappa shape index (κ2) is 7.82. The Morgan fingerprint density at radius 2 is 1.94 bits per heavy atom. The van der Waals surface area contributed by atoms with Gasteiger partial charge in [-0.2, -0.15) is 0 Å². The molecule has 0 heterocycles. The summed E-state index contributed by atoms with van der Waals surface area (Å²) in [6.07, 6.45) is 1.07. The number of rotatable bonds is 7. The van der Waals surface area contributed by atoms with Crippen LogP contribution in [0.2, 0.25) is 0 Å². The molecule has 0 saturated heterocycles. The Morgan fingerprint density at radius 1 is 1.25 bits per heavy atom. The fourth-order valence-electron chi connectivity index (χ4n) is 1.56. The first-order chi connectivity index (χ1) is 7.77. The van der Waals surface area contributed by atoms with E-state index in [1.54, 1.807) is 0 Å². The topological polar surface area (TPSA) is 21.3 Å². The number of hydrogen-bond acceptors (Lipinski definition) is 2. The molecule has 1 aromatic rings. The predicted molar refractivity (Wildman–Crippen MR) is 71.7 cm³/mol. The van der Waals surface area contributed by atoms with E-state index in [1.165, 1.54) is 5.56 Å². The SMILES string of the molecule is CCCOCC(NCC)c1ccc(Br)cc1. The number of hydrogen-bond donors (Lipinski definition) is 1. The van der Waals surface area contributed by atoms with Crippen LogP contribution in [0.5, 0.6) is 0 Å². The molecule has 1 aromatic carbocycles. The highest BCUT2D eigenvalue weighted by Gasteiger charge is 2.09. The summed E-state index contributed by atoms with van der Waals surface area (Å²) in [7, 11) is 0. The van der Waals surface area contributed by atoms with Crippen LogP contribution < -0.4 is 5.32 Å². The average molecular weight is 286 g/mol. The lowest BCUT2D eigenvalue weighted by molar-refractivity contribution is 0.112. The number of nitrogens with one attached hydrogen (secondary N) is 1. The van der Waals surface area contributed by atoms with Gasteiger partial charge in [-0.25, -0.2) is 0 Å². The molecule has 1 atom stereocenters. The molecule has 0 aliphatic heterocycles. The third-order valence-electron chi connectivity index (χ3n) is 2.36. The smallest absolute Gasteiger partial charge is 0.0661 e. The van der Waals surface area contributed by atoms with Crippen LogP contribution in [0.15, 0.2) is 28.7 Å². The number of ether oxygens (including phenoxy) is 1. The van der Waals surface area contributed by atoms with Crippen molar-refractivity contribution in [1.82, 2.24) is 5.32 Å². The lowest BCUT2D eigenvalue weighted by Gasteiger charge is -2.18. The zero-order valence-electron chi connectivity index (χ0n) is 10.0. The first-order valence-corrected chi connectivity index (χ1v) is 6.63. The van der Waals surface area contributed by atoms with Crippen molar-refractivity contribution >= 4 is 15.9 Å². The van der Waals surface area contributed by atoms with Crippen LogP contribution in [0.3, 0.4) is 0 Å². The quantitative estimate of drug-likeness (QED) is 0.774. The molecule has 0 saturated carbocycles. The van der Waals surface area contributed by atoms with Crippen molar-refractivity contribution in [2.45, 2.75) is 26.3 Å². The van der Waals surface area contributed by atoms with E-state index in [0.717, 1.165) is 30.7 Å². The van der Waals surface area contributed by atoms with Gasteiger partial charge < -0.3 is 10.1 Å². The molecule has 0 aliphatic carbocycles. The number of benzene rings is 1. The van der Waals surface area contributed by atoms with Gasteiger partial charge >= 0.3 is 0 Å². The van der Waals surface area contributed by atoms with Crippen LogP contribution >= 0.6 is 15.9 Å². The number of halogens is 1. The van der Waals surface area contributed by atoms with Crippen molar-refractivity contribution in [3.05, 3.63) is 34.3 Å². The van der Waals surface area contributed by atoms with E-state index in [2.05, 4.69) is 59.4 Å². The van der Waals surface area contributed by atoms with Crippen molar-refractivity contribution in [2.75, 3.05) is 19.8 Å². The van der Waals surface area contributed by atoms with Crippen LogP contribution in [0.25, 0.3) is 0 Å². The molecule has 3 heteroatoms. The minimum atomic E-state index is 0.296. The van der Waals surface area contributed by atoms with Crippen LogP contribution in [0.4, 0.5) is 0 Å². The maximum atomic E-state index is 5.61. The third kappa shape index (κ3) is 4.64. The first kappa shape index (κ1) is 13.7. The second-order valence-electron chi connectivity index (χ2n) is 3.74. The van der Waals surface area contributed by atoms with Gasteiger partial charge in [-0.3, -0.25) is 0 Å². The summed E-state index contributed by atoms with van der Waals surface area (Å²) in [6, 6.07) is 8.70. The molecule has 1 unspecified atom stereocenters. The Kier molecular flexibility index (Phi) is 6.69. The molecule has 0 radical (unpaired) electrons. The Morgan fingerprint density at radius 3 is 2.50 bits per heavy atom. The highest BCUT2D eigenvalue weighted by atomic mass is 79.9. The maximum absolute atomic E-state index is 5.61. The van der Waals surface area contributed by atoms with Crippen molar-refractivity contribution in [2.24, 2.45) is 0 Å². The maximum Gasteiger partial charge on any atom is 0.0661 e. The summed E-state index contributed by atoms with van der Waals surface area (Å²) in [5, 5.41) is 3.44. The van der Waals surface area contributed by atoms with Gasteiger partial charge in [0.15, 0.2) is 0 Å². The van der Waals surface area contributed by atoms with E-state index in [-0.39, 0.29) is 0 Å². The van der Waals surface area contributed by atoms with Gasteiger partial charge in [0.05, 0.1) is 12.6 Å². The monoisotopic (exact) mass is 285 g/mol. The number of likely N-dealkylation sites (N-methyl/N-ethyl adjacent to an activating group) is 1. The molecule has 1 rings (SSSR count). The van der Waals surface area contributed by atoms with Crippen molar-refractivity contribution in [1.29, 1.82) is 0 Å². The van der Waals surface area contributed by atoms with E-state index in [4.69, 9.17) is 4.74 Å². The molecule has 0 fully saturated rings. The molecule has 1 N–H and O–H groups in total. The van der Waals surface area contributed by atoms with E-state index < -0.39 is 0 Å². The van der Waals surface area contributed by atoms with Gasteiger partial charge in [-0.15, -0.1) is 0 Å². The highest BCUT2D eigenvalue weighted by molar-refractivity contribution is 9.10. The summed E-state index contributed by atoms with van der Waals surface area (Å²) < 4.78 is 6.72. The summed E-state index contributed by atoms with van der Waals surface area (Å²) in [5.74, 6) is 0. The van der Waals surface area contributed by atoms with Crippen LogP contribution in [0.1, 0.15) is 31.9 Å². The Bertz CT molecular complexity index is 286. The summed E-state index contributed by atoms with van der Waals surface area (Å²) in [5.41, 5.74) is 1.28. The minimum Gasteiger partial charge on any atom is -0.379 e. The van der Waals surface area contributed by atoms with E-state index in [9.17, 15) is 0 Å². The predicted octanol–water partition coefficient (Wildman–Crippen LogP) is 3.53. The second-order valence-corrected chi connectivity index (χ2v) is 4.65. The molecule has 0 aliphatic rings. The zero-order chi connectivity index (χ0) is 11.8. The molecule has 0 amide bonds. The van der Waals surface area contributed by atoms with Crippen molar-refractivity contribution < 1.29 is 4.74 Å². The Hall–Kier alpha value is -0.380. The van der Waals surface area contributed by atoms with Crippen LogP contribution in [0, 0.1) is 0 Å². The summed E-state index contributed by atoms with van der Waals surface area (Å²) in [4.78, 5) is 0. The first-order valence-electron chi connectivity index (χ1n) is 5.84. The van der Waals surface area contributed by atoms with Gasteiger partial charge in [-0.1, -0.05) is 41.9 Å². The zero-order valence-corrected chi connectivity index (χ0v) is 11.6. The van der Waals surface area contributed by atoms with Gasteiger partial charge in [-0.05, 0) is 30.7 Å². The normalized spacial score (nSPS) is 12.7. The Balaban J connectivity index is 2.57. The van der Waals surface area contributed by atoms with Gasteiger partial charge in [0.2, 0.25) is 0 Å². The fraction of sp³-hybridized carbons (Fsp3) is 0.538. The average Bonchev–Trinajstić information content (AvgIpc) is 2.29. The molecule has 0 aromatic heterocycles. The van der Waals surface area contributed by atoms with Gasteiger partial charge in [0, 0.05) is 11.1 Å². The lowest BCUT2D eigenvalue weighted by atomic mass is 10.1. The molecule has 16 heavy (non-hydrogen) atoms. The Labute approximate surface area is 107 Å². The largest absolute Gasteiger partial charge is 0.379 e. The van der Waals surface area contributed by atoms with Crippen LogP contribution in [-0.2, 0) is 4.74 Å². The summed E-state index contributed by atoms with van der Waals surface area (Å²) >= 11 is 3.45. The highest BCUT2D eigenvalue weighted by Crippen LogP contribution is 2.17. The molecular weight excluding hydrogens is 266 g/mol. The third-order valence-corrected chi connectivity index (χ3v) is 2.88. The summed E-state index contributed by atoms with van der Waals surface area (Å²) in [6.45, 7) is 6.77. The molecule has 0 bridgehead atoms. The molecular formula is C13H20BrNO. The van der Waals surface area contributed by atoms with Gasteiger partial charge in [0.1, 0.15) is 0 Å². The van der Waals surface area contributed by atoms with E-state index in [0.29, 0.717) is 6.04 Å². The molecule has 0 spiro atoms. The van der Waals surface area contributed by atoms with E-state index in [1.807, 2.05) is 0 Å². The van der Waals surface area contributed by atoms with Crippen LogP contribution in [-0.4, -0.2) is 19.8 Å². The molecule has 90 valence electrons. The standard InChI is InChI=1S/C13H20BrNO/c1-3-9-16-10-13(15-4-2)11-5-7-12(14)8-6-11/h5-8,13,15H,3-4,9-10H2,1-2H3. The van der Waals surface area contributed by atoms with Crippen molar-refractivity contribution in [3.63, 3.8) is 0 Å².